The van der Waals surface area contributed by atoms with Crippen LogP contribution in [0.25, 0.3) is 12.2 Å². The van der Waals surface area contributed by atoms with Crippen LogP contribution in [0.3, 0.4) is 0 Å². The second kappa shape index (κ2) is 6.40. The molecule has 0 saturated heterocycles. The van der Waals surface area contributed by atoms with Crippen molar-refractivity contribution in [3.05, 3.63) is 65.7 Å². The van der Waals surface area contributed by atoms with Crippen LogP contribution in [0.2, 0.25) is 0 Å². The first-order chi connectivity index (χ1) is 9.29. The Kier molecular flexibility index (Phi) is 4.34. The molecule has 2 aromatic carbocycles. The predicted molar refractivity (Wildman–Crippen MR) is 77.8 cm³/mol. The molecule has 2 aromatic rings. The molecule has 96 valence electrons. The third-order valence-electron chi connectivity index (χ3n) is 2.64. The number of methoxy groups -OCH3 is 1. The minimum atomic E-state index is -0.472. The summed E-state index contributed by atoms with van der Waals surface area (Å²) in [6, 6.07) is 17.5. The lowest BCUT2D eigenvalue weighted by molar-refractivity contribution is 0.187. The normalized spacial score (nSPS) is 10.4. The van der Waals surface area contributed by atoms with E-state index in [4.69, 9.17) is 0 Å². The summed E-state index contributed by atoms with van der Waals surface area (Å²) in [5.74, 6) is 0. The number of hydrogen-bond donors (Lipinski definition) is 1. The van der Waals surface area contributed by atoms with E-state index in [1.165, 1.54) is 7.11 Å². The average molecular weight is 253 g/mol. The minimum absolute atomic E-state index is 0.472. The van der Waals surface area contributed by atoms with E-state index in [2.05, 4.69) is 10.1 Å². The number of carbonyl (C=O) groups excluding carboxylic acids is 1. The van der Waals surface area contributed by atoms with Crippen molar-refractivity contribution in [1.29, 1.82) is 0 Å². The van der Waals surface area contributed by atoms with Crippen molar-refractivity contribution >= 4 is 23.9 Å². The van der Waals surface area contributed by atoms with E-state index in [9.17, 15) is 4.79 Å². The van der Waals surface area contributed by atoms with Gasteiger partial charge in [-0.1, -0.05) is 60.7 Å². The van der Waals surface area contributed by atoms with Crippen LogP contribution in [0.5, 0.6) is 0 Å². The quantitative estimate of drug-likeness (QED) is 0.838. The molecule has 0 aliphatic rings. The predicted octanol–water partition coefficient (Wildman–Crippen LogP) is 4.04. The molecule has 1 N–H and O–H groups in total. The van der Waals surface area contributed by atoms with Crippen LogP contribution in [0.4, 0.5) is 10.5 Å². The van der Waals surface area contributed by atoms with E-state index in [1.807, 2.05) is 66.7 Å². The minimum Gasteiger partial charge on any atom is -0.453 e. The zero-order valence-electron chi connectivity index (χ0n) is 10.7. The zero-order valence-corrected chi connectivity index (χ0v) is 10.7. The molecule has 1 amide bonds. The Morgan fingerprint density at radius 2 is 1.68 bits per heavy atom. The number of carbonyl (C=O) groups is 1. The van der Waals surface area contributed by atoms with Gasteiger partial charge in [0.25, 0.3) is 0 Å². The molecule has 3 heteroatoms. The summed E-state index contributed by atoms with van der Waals surface area (Å²) in [7, 11) is 1.34. The van der Waals surface area contributed by atoms with Gasteiger partial charge in [0.1, 0.15) is 0 Å². The van der Waals surface area contributed by atoms with Crippen LogP contribution in [0.15, 0.2) is 54.6 Å². The zero-order chi connectivity index (χ0) is 13.5. The third kappa shape index (κ3) is 3.71. The van der Waals surface area contributed by atoms with Crippen molar-refractivity contribution in [3.63, 3.8) is 0 Å². The molecular weight excluding hydrogens is 238 g/mol. The Morgan fingerprint density at radius 1 is 1.00 bits per heavy atom. The first-order valence-corrected chi connectivity index (χ1v) is 5.97. The van der Waals surface area contributed by atoms with Crippen LogP contribution in [0.1, 0.15) is 11.1 Å². The van der Waals surface area contributed by atoms with Gasteiger partial charge in [-0.05, 0) is 17.2 Å². The summed E-state index contributed by atoms with van der Waals surface area (Å²) in [6.07, 6.45) is 3.49. The van der Waals surface area contributed by atoms with Crippen LogP contribution >= 0.6 is 0 Å². The van der Waals surface area contributed by atoms with Gasteiger partial charge in [-0.3, -0.25) is 5.32 Å². The fourth-order valence-electron chi connectivity index (χ4n) is 1.67. The molecule has 3 nitrogen and oxygen atoms in total. The molecule has 0 spiro atoms. The summed E-state index contributed by atoms with van der Waals surface area (Å²) >= 11 is 0. The van der Waals surface area contributed by atoms with Crippen molar-refractivity contribution in [3.8, 4) is 0 Å². The van der Waals surface area contributed by atoms with Gasteiger partial charge in [-0.2, -0.15) is 0 Å². The van der Waals surface area contributed by atoms with Gasteiger partial charge < -0.3 is 4.74 Å². The van der Waals surface area contributed by atoms with Gasteiger partial charge in [0.05, 0.1) is 12.8 Å². The summed E-state index contributed by atoms with van der Waals surface area (Å²) in [5, 5.41) is 2.68. The van der Waals surface area contributed by atoms with E-state index >= 15 is 0 Å². The molecule has 0 radical (unpaired) electrons. The van der Waals surface area contributed by atoms with Crippen LogP contribution in [-0.4, -0.2) is 13.2 Å². The van der Waals surface area contributed by atoms with E-state index in [0.717, 1.165) is 16.8 Å². The van der Waals surface area contributed by atoms with E-state index in [0.29, 0.717) is 0 Å². The van der Waals surface area contributed by atoms with Crippen molar-refractivity contribution in [2.45, 2.75) is 0 Å². The van der Waals surface area contributed by atoms with Gasteiger partial charge in [0.2, 0.25) is 0 Å². The average Bonchev–Trinajstić information content (AvgIpc) is 2.47. The fraction of sp³-hybridized carbons (Fsp3) is 0.0625. The molecule has 0 aromatic heterocycles. The summed E-state index contributed by atoms with van der Waals surface area (Å²) < 4.78 is 4.60. The molecule has 0 aliphatic carbocycles. The largest absolute Gasteiger partial charge is 0.453 e. The van der Waals surface area contributed by atoms with E-state index in [1.54, 1.807) is 0 Å². The summed E-state index contributed by atoms with van der Waals surface area (Å²) in [5.41, 5.74) is 2.76. The van der Waals surface area contributed by atoms with Crippen LogP contribution < -0.4 is 5.32 Å². The highest BCUT2D eigenvalue weighted by Gasteiger charge is 2.03. The lowest BCUT2D eigenvalue weighted by Crippen LogP contribution is -2.11. The smallest absolute Gasteiger partial charge is 0.411 e. The van der Waals surface area contributed by atoms with Crippen LogP contribution in [-0.2, 0) is 4.74 Å². The maximum absolute atomic E-state index is 11.3. The van der Waals surface area contributed by atoms with E-state index < -0.39 is 6.09 Å². The molecule has 0 atom stereocenters. The highest BCUT2D eigenvalue weighted by atomic mass is 16.5. The topological polar surface area (TPSA) is 38.3 Å². The Bertz CT molecular complexity index is 576. The molecule has 0 saturated carbocycles. The number of benzene rings is 2. The summed E-state index contributed by atoms with van der Waals surface area (Å²) in [6.45, 7) is 0. The van der Waals surface area contributed by atoms with Gasteiger partial charge >= 0.3 is 6.09 Å². The number of rotatable bonds is 3. The highest BCUT2D eigenvalue weighted by Crippen LogP contribution is 2.18. The second-order valence-electron chi connectivity index (χ2n) is 3.95. The fourth-order valence-corrected chi connectivity index (χ4v) is 1.67. The van der Waals surface area contributed by atoms with Crippen LogP contribution in [0, 0.1) is 0 Å². The number of amides is 1. The van der Waals surface area contributed by atoms with Gasteiger partial charge in [-0.15, -0.1) is 0 Å². The van der Waals surface area contributed by atoms with Gasteiger partial charge in [0, 0.05) is 0 Å². The molecule has 0 unspecified atom stereocenters. The first kappa shape index (κ1) is 12.9. The lowest BCUT2D eigenvalue weighted by Gasteiger charge is -2.06. The van der Waals surface area contributed by atoms with Gasteiger partial charge in [-0.25, -0.2) is 4.79 Å². The Labute approximate surface area is 112 Å². The Hall–Kier alpha value is -2.55. The monoisotopic (exact) mass is 253 g/mol. The Balaban J connectivity index is 2.20. The molecular formula is C16H15NO2. The lowest BCUT2D eigenvalue weighted by atomic mass is 10.1. The number of para-hydroxylation sites is 1. The number of hydrogen-bond acceptors (Lipinski definition) is 2. The SMILES string of the molecule is COC(=O)Nc1ccccc1/C=C/c1ccccc1. The molecule has 0 bridgehead atoms. The van der Waals surface area contributed by atoms with Crippen molar-refractivity contribution in [2.75, 3.05) is 12.4 Å². The summed E-state index contributed by atoms with van der Waals surface area (Å²) in [4.78, 5) is 11.3. The molecule has 0 fully saturated rings. The Morgan fingerprint density at radius 3 is 2.42 bits per heavy atom. The second-order valence-corrected chi connectivity index (χ2v) is 3.95. The molecule has 19 heavy (non-hydrogen) atoms. The molecule has 0 aliphatic heterocycles. The molecule has 2 rings (SSSR count). The third-order valence-corrected chi connectivity index (χ3v) is 2.64. The van der Waals surface area contributed by atoms with Crippen molar-refractivity contribution in [1.82, 2.24) is 0 Å². The van der Waals surface area contributed by atoms with Crippen molar-refractivity contribution < 1.29 is 9.53 Å². The number of ether oxygens (including phenoxy) is 1. The molecule has 0 heterocycles. The number of nitrogens with one attached hydrogen (secondary N) is 1. The highest BCUT2D eigenvalue weighted by molar-refractivity contribution is 5.89. The standard InChI is InChI=1S/C16H15NO2/c1-19-16(18)17-15-10-6-5-9-14(15)12-11-13-7-3-2-4-8-13/h2-12H,1H3,(H,17,18)/b12-11+. The van der Waals surface area contributed by atoms with E-state index in [-0.39, 0.29) is 0 Å². The van der Waals surface area contributed by atoms with Crippen molar-refractivity contribution in [2.24, 2.45) is 0 Å². The maximum atomic E-state index is 11.3. The first-order valence-electron chi connectivity index (χ1n) is 5.97. The van der Waals surface area contributed by atoms with Gasteiger partial charge in [0.15, 0.2) is 0 Å². The number of anilines is 1. The maximum Gasteiger partial charge on any atom is 0.411 e.